The minimum absolute atomic E-state index is 0.414. The molecule has 0 fully saturated rings. The number of hydrogen-bond acceptors (Lipinski definition) is 7. The smallest absolute Gasteiger partial charge is 0.240 e. The Morgan fingerprint density at radius 2 is 2.20 bits per heavy atom. The maximum absolute atomic E-state index is 5.60. The molecule has 7 heteroatoms. The Bertz CT molecular complexity index is 735. The third-order valence-corrected chi connectivity index (χ3v) is 3.79. The number of nitrogens with zero attached hydrogens (tertiary/aromatic N) is 3. The first-order chi connectivity index (χ1) is 9.67. The molecule has 3 rings (SSSR count). The Morgan fingerprint density at radius 3 is 2.90 bits per heavy atom. The van der Waals surface area contributed by atoms with Gasteiger partial charge in [-0.1, -0.05) is 0 Å². The number of nitrogens with two attached hydrogens (primary N) is 1. The number of furan rings is 1. The highest BCUT2D eigenvalue weighted by Crippen LogP contribution is 2.29. The van der Waals surface area contributed by atoms with E-state index in [9.17, 15) is 0 Å². The minimum atomic E-state index is 0.414. The van der Waals surface area contributed by atoms with E-state index in [-0.39, 0.29) is 0 Å². The van der Waals surface area contributed by atoms with E-state index in [4.69, 9.17) is 10.3 Å². The molecule has 0 saturated carbocycles. The van der Waals surface area contributed by atoms with E-state index >= 15 is 0 Å². The van der Waals surface area contributed by atoms with Gasteiger partial charge in [-0.25, -0.2) is 10.8 Å². The number of thiophene rings is 1. The van der Waals surface area contributed by atoms with Crippen LogP contribution in [0.4, 0.5) is 11.8 Å². The molecule has 0 aromatic carbocycles. The molecule has 0 spiro atoms. The predicted octanol–water partition coefficient (Wildman–Crippen LogP) is 2.51. The van der Waals surface area contributed by atoms with Crippen molar-refractivity contribution in [2.45, 2.75) is 13.5 Å². The van der Waals surface area contributed by atoms with Crippen molar-refractivity contribution in [3.63, 3.8) is 0 Å². The van der Waals surface area contributed by atoms with Crippen LogP contribution in [0.15, 0.2) is 28.0 Å². The summed E-state index contributed by atoms with van der Waals surface area (Å²) in [5.41, 5.74) is 2.51. The second-order valence-electron chi connectivity index (χ2n) is 4.52. The molecule has 104 valence electrons. The third-order valence-electron chi connectivity index (χ3n) is 2.98. The van der Waals surface area contributed by atoms with E-state index in [1.54, 1.807) is 11.3 Å². The minimum Gasteiger partial charge on any atom is -0.464 e. The molecule has 0 bridgehead atoms. The standard InChI is InChI=1S/C13H15N5OS/c1-8-3-4-9(19-8)7-18(2)11-10-5-6-20-12(10)16-13(15-11)17-14/h3-6H,7,14H2,1-2H3,(H,15,16,17). The summed E-state index contributed by atoms with van der Waals surface area (Å²) in [7, 11) is 1.97. The molecule has 3 aromatic rings. The summed E-state index contributed by atoms with van der Waals surface area (Å²) in [4.78, 5) is 11.7. The van der Waals surface area contributed by atoms with E-state index in [0.29, 0.717) is 12.5 Å². The maximum Gasteiger partial charge on any atom is 0.240 e. The Labute approximate surface area is 120 Å². The van der Waals surface area contributed by atoms with Gasteiger partial charge in [-0.3, -0.25) is 5.43 Å². The summed E-state index contributed by atoms with van der Waals surface area (Å²) in [6.07, 6.45) is 0. The number of hydrazine groups is 1. The van der Waals surface area contributed by atoms with Crippen molar-refractivity contribution in [2.24, 2.45) is 5.84 Å². The van der Waals surface area contributed by atoms with Crippen LogP contribution in [0, 0.1) is 6.92 Å². The van der Waals surface area contributed by atoms with Gasteiger partial charge in [0.1, 0.15) is 22.2 Å². The van der Waals surface area contributed by atoms with Gasteiger partial charge in [0.2, 0.25) is 5.95 Å². The Kier molecular flexibility index (Phi) is 3.29. The fraction of sp³-hybridized carbons (Fsp3) is 0.231. The molecule has 0 aliphatic carbocycles. The molecule has 20 heavy (non-hydrogen) atoms. The highest BCUT2D eigenvalue weighted by molar-refractivity contribution is 7.16. The van der Waals surface area contributed by atoms with Crippen LogP contribution in [0.2, 0.25) is 0 Å². The second-order valence-corrected chi connectivity index (χ2v) is 5.42. The second kappa shape index (κ2) is 5.10. The van der Waals surface area contributed by atoms with Crippen molar-refractivity contribution in [1.82, 2.24) is 9.97 Å². The van der Waals surface area contributed by atoms with Crippen molar-refractivity contribution in [3.8, 4) is 0 Å². The number of aromatic nitrogens is 2. The van der Waals surface area contributed by atoms with E-state index in [1.807, 2.05) is 42.5 Å². The molecular formula is C13H15N5OS. The monoisotopic (exact) mass is 289 g/mol. The van der Waals surface area contributed by atoms with Crippen molar-refractivity contribution < 1.29 is 4.42 Å². The van der Waals surface area contributed by atoms with Gasteiger partial charge in [-0.2, -0.15) is 4.98 Å². The molecule has 3 aromatic heterocycles. The molecule has 0 saturated heterocycles. The van der Waals surface area contributed by atoms with Gasteiger partial charge in [0.15, 0.2) is 0 Å². The normalized spacial score (nSPS) is 10.9. The average molecular weight is 289 g/mol. The lowest BCUT2D eigenvalue weighted by molar-refractivity contribution is 0.481. The summed E-state index contributed by atoms with van der Waals surface area (Å²) in [5.74, 6) is 8.47. The van der Waals surface area contributed by atoms with E-state index in [0.717, 1.165) is 27.6 Å². The summed E-state index contributed by atoms with van der Waals surface area (Å²) >= 11 is 1.56. The first kappa shape index (κ1) is 12.9. The highest BCUT2D eigenvalue weighted by Gasteiger charge is 2.13. The number of nitrogens with one attached hydrogen (secondary N) is 1. The van der Waals surface area contributed by atoms with E-state index in [2.05, 4.69) is 15.4 Å². The molecule has 0 radical (unpaired) electrons. The summed E-state index contributed by atoms with van der Waals surface area (Å²) in [5, 5.41) is 3.01. The lowest BCUT2D eigenvalue weighted by Gasteiger charge is -2.18. The van der Waals surface area contributed by atoms with Gasteiger partial charge < -0.3 is 9.32 Å². The van der Waals surface area contributed by atoms with Gasteiger partial charge >= 0.3 is 0 Å². The van der Waals surface area contributed by atoms with Crippen LogP contribution >= 0.6 is 11.3 Å². The Morgan fingerprint density at radius 1 is 1.35 bits per heavy atom. The molecule has 0 unspecified atom stereocenters. The number of aryl methyl sites for hydroxylation is 1. The van der Waals surface area contributed by atoms with Crippen LogP contribution in [0.5, 0.6) is 0 Å². The zero-order valence-corrected chi connectivity index (χ0v) is 12.1. The Hall–Kier alpha value is -2.12. The zero-order valence-electron chi connectivity index (χ0n) is 11.3. The topological polar surface area (TPSA) is 80.2 Å². The molecule has 0 amide bonds. The van der Waals surface area contributed by atoms with Crippen LogP contribution in [0.25, 0.3) is 10.2 Å². The van der Waals surface area contributed by atoms with Crippen LogP contribution in [0.1, 0.15) is 11.5 Å². The van der Waals surface area contributed by atoms with Crippen LogP contribution < -0.4 is 16.2 Å². The number of hydrogen-bond donors (Lipinski definition) is 2. The fourth-order valence-corrected chi connectivity index (χ4v) is 2.83. The molecule has 0 aliphatic rings. The summed E-state index contributed by atoms with van der Waals surface area (Å²) in [6, 6.07) is 5.94. The molecule has 3 N–H and O–H groups in total. The fourth-order valence-electron chi connectivity index (χ4n) is 2.07. The summed E-state index contributed by atoms with van der Waals surface area (Å²) in [6.45, 7) is 2.57. The van der Waals surface area contributed by atoms with Gasteiger partial charge in [0.05, 0.1) is 11.9 Å². The van der Waals surface area contributed by atoms with Crippen molar-refractivity contribution >= 4 is 33.3 Å². The highest BCUT2D eigenvalue weighted by atomic mass is 32.1. The summed E-state index contributed by atoms with van der Waals surface area (Å²) < 4.78 is 5.60. The number of nitrogen functional groups attached to an aromatic ring is 1. The van der Waals surface area contributed by atoms with Gasteiger partial charge in [0.25, 0.3) is 0 Å². The maximum atomic E-state index is 5.60. The first-order valence-electron chi connectivity index (χ1n) is 6.15. The Balaban J connectivity index is 1.97. The van der Waals surface area contributed by atoms with Gasteiger partial charge in [-0.15, -0.1) is 11.3 Å². The van der Waals surface area contributed by atoms with Crippen LogP contribution in [-0.2, 0) is 6.54 Å². The molecular weight excluding hydrogens is 274 g/mol. The van der Waals surface area contributed by atoms with Crippen molar-refractivity contribution in [2.75, 3.05) is 17.4 Å². The first-order valence-corrected chi connectivity index (χ1v) is 7.03. The number of rotatable bonds is 4. The van der Waals surface area contributed by atoms with Crippen molar-refractivity contribution in [1.29, 1.82) is 0 Å². The third kappa shape index (κ3) is 2.33. The molecule has 6 nitrogen and oxygen atoms in total. The largest absolute Gasteiger partial charge is 0.464 e. The average Bonchev–Trinajstić information content (AvgIpc) is 3.06. The molecule has 3 heterocycles. The van der Waals surface area contributed by atoms with E-state index < -0.39 is 0 Å². The van der Waals surface area contributed by atoms with Gasteiger partial charge in [0, 0.05) is 7.05 Å². The number of anilines is 2. The lowest BCUT2D eigenvalue weighted by atomic mass is 10.3. The zero-order chi connectivity index (χ0) is 14.1. The van der Waals surface area contributed by atoms with Crippen LogP contribution in [0.3, 0.4) is 0 Å². The van der Waals surface area contributed by atoms with Gasteiger partial charge in [-0.05, 0) is 30.5 Å². The molecule has 0 atom stereocenters. The predicted molar refractivity (Wildman–Crippen MR) is 80.8 cm³/mol. The molecule has 0 aliphatic heterocycles. The van der Waals surface area contributed by atoms with Crippen LogP contribution in [-0.4, -0.2) is 17.0 Å². The van der Waals surface area contributed by atoms with Crippen molar-refractivity contribution in [3.05, 3.63) is 35.1 Å². The quantitative estimate of drug-likeness (QED) is 0.567. The lowest BCUT2D eigenvalue weighted by Crippen LogP contribution is -2.19. The van der Waals surface area contributed by atoms with E-state index in [1.165, 1.54) is 0 Å². The number of fused-ring (bicyclic) bond motifs is 1. The SMILES string of the molecule is Cc1ccc(CN(C)c2nc(NN)nc3sccc23)o1.